The standard InChI is InChI=1S/C16H29N3O3/c1-4-17-16(18-8-12-6-5-7-14(12)20)19-9-11(2)13(10-19)15(21)22-3/h11-14,20H,4-10H2,1-3H3,(H,17,18). The Kier molecular flexibility index (Phi) is 6.06. The molecular weight excluding hydrogens is 282 g/mol. The summed E-state index contributed by atoms with van der Waals surface area (Å²) in [5.41, 5.74) is 0. The van der Waals surface area contributed by atoms with Crippen molar-refractivity contribution in [2.45, 2.75) is 39.2 Å². The van der Waals surface area contributed by atoms with Gasteiger partial charge < -0.3 is 20.1 Å². The van der Waals surface area contributed by atoms with E-state index in [1.54, 1.807) is 0 Å². The number of hydrogen-bond donors (Lipinski definition) is 2. The lowest BCUT2D eigenvalue weighted by molar-refractivity contribution is -0.145. The Morgan fingerprint density at radius 1 is 1.41 bits per heavy atom. The smallest absolute Gasteiger partial charge is 0.310 e. The zero-order valence-electron chi connectivity index (χ0n) is 13.9. The monoisotopic (exact) mass is 311 g/mol. The maximum absolute atomic E-state index is 11.8. The third kappa shape index (κ3) is 3.91. The first-order valence-electron chi connectivity index (χ1n) is 8.36. The average Bonchev–Trinajstić information content (AvgIpc) is 3.09. The normalized spacial score (nSPS) is 32.4. The highest BCUT2D eigenvalue weighted by Gasteiger charge is 2.37. The van der Waals surface area contributed by atoms with Gasteiger partial charge in [0.05, 0.1) is 19.1 Å². The Labute approximate surface area is 132 Å². The van der Waals surface area contributed by atoms with Gasteiger partial charge in [-0.3, -0.25) is 9.79 Å². The fourth-order valence-corrected chi connectivity index (χ4v) is 3.46. The quantitative estimate of drug-likeness (QED) is 0.457. The highest BCUT2D eigenvalue weighted by Crippen LogP contribution is 2.27. The Bertz CT molecular complexity index is 413. The highest BCUT2D eigenvalue weighted by atomic mass is 16.5. The number of nitrogens with zero attached hydrogens (tertiary/aromatic N) is 2. The highest BCUT2D eigenvalue weighted by molar-refractivity contribution is 5.82. The molecule has 0 radical (unpaired) electrons. The lowest BCUT2D eigenvalue weighted by Crippen LogP contribution is -2.41. The molecule has 2 fully saturated rings. The molecule has 0 spiro atoms. The number of methoxy groups -OCH3 is 1. The van der Waals surface area contributed by atoms with Crippen molar-refractivity contribution in [1.82, 2.24) is 10.2 Å². The lowest BCUT2D eigenvalue weighted by atomic mass is 9.99. The van der Waals surface area contributed by atoms with Crippen molar-refractivity contribution in [3.8, 4) is 0 Å². The first-order chi connectivity index (χ1) is 10.6. The Balaban J connectivity index is 2.00. The first-order valence-corrected chi connectivity index (χ1v) is 8.36. The number of guanidine groups is 1. The van der Waals surface area contributed by atoms with E-state index in [0.717, 1.165) is 38.3 Å². The van der Waals surface area contributed by atoms with E-state index in [-0.39, 0.29) is 29.8 Å². The van der Waals surface area contributed by atoms with Crippen LogP contribution in [0.1, 0.15) is 33.1 Å². The molecular formula is C16H29N3O3. The molecule has 6 nitrogen and oxygen atoms in total. The van der Waals surface area contributed by atoms with Gasteiger partial charge in [-0.05, 0) is 25.7 Å². The molecule has 0 bridgehead atoms. The van der Waals surface area contributed by atoms with Gasteiger partial charge in [-0.1, -0.05) is 13.3 Å². The lowest BCUT2D eigenvalue weighted by Gasteiger charge is -2.22. The van der Waals surface area contributed by atoms with Crippen LogP contribution in [0.5, 0.6) is 0 Å². The van der Waals surface area contributed by atoms with Gasteiger partial charge in [0.2, 0.25) is 0 Å². The molecule has 1 saturated carbocycles. The number of rotatable bonds is 4. The van der Waals surface area contributed by atoms with Crippen LogP contribution in [0.15, 0.2) is 4.99 Å². The molecule has 0 aromatic heterocycles. The number of likely N-dealkylation sites (tertiary alicyclic amines) is 1. The van der Waals surface area contributed by atoms with Crippen molar-refractivity contribution in [2.24, 2.45) is 22.7 Å². The number of ether oxygens (including phenoxy) is 1. The number of nitrogens with one attached hydrogen (secondary N) is 1. The molecule has 0 aromatic rings. The summed E-state index contributed by atoms with van der Waals surface area (Å²) in [4.78, 5) is 18.7. The van der Waals surface area contributed by atoms with Gasteiger partial charge in [-0.25, -0.2) is 0 Å². The maximum atomic E-state index is 11.8. The summed E-state index contributed by atoms with van der Waals surface area (Å²) in [6, 6.07) is 0. The van der Waals surface area contributed by atoms with Crippen LogP contribution in [0.25, 0.3) is 0 Å². The Morgan fingerprint density at radius 2 is 2.18 bits per heavy atom. The number of carbonyl (C=O) groups is 1. The summed E-state index contributed by atoms with van der Waals surface area (Å²) in [5, 5.41) is 13.2. The van der Waals surface area contributed by atoms with Gasteiger partial charge >= 0.3 is 5.97 Å². The second-order valence-electron chi connectivity index (χ2n) is 6.46. The topological polar surface area (TPSA) is 74.2 Å². The average molecular weight is 311 g/mol. The van der Waals surface area contributed by atoms with Gasteiger partial charge in [0.15, 0.2) is 5.96 Å². The van der Waals surface area contributed by atoms with Gasteiger partial charge in [0, 0.05) is 32.1 Å². The number of aliphatic imine (C=N–C) groups is 1. The minimum atomic E-state index is -0.216. The SMILES string of the molecule is CCNC(=NCC1CCCC1O)N1CC(C)C(C(=O)OC)C1. The second-order valence-corrected chi connectivity index (χ2v) is 6.46. The number of aliphatic hydroxyl groups is 1. The van der Waals surface area contributed by atoms with Crippen molar-refractivity contribution in [2.75, 3.05) is 33.3 Å². The third-order valence-corrected chi connectivity index (χ3v) is 4.85. The van der Waals surface area contributed by atoms with E-state index in [1.165, 1.54) is 7.11 Å². The van der Waals surface area contributed by atoms with Crippen molar-refractivity contribution in [1.29, 1.82) is 0 Å². The van der Waals surface area contributed by atoms with Crippen LogP contribution in [-0.2, 0) is 9.53 Å². The molecule has 126 valence electrons. The van der Waals surface area contributed by atoms with Gasteiger partial charge in [-0.15, -0.1) is 0 Å². The van der Waals surface area contributed by atoms with Crippen LogP contribution < -0.4 is 5.32 Å². The Hall–Kier alpha value is -1.30. The molecule has 1 heterocycles. The zero-order chi connectivity index (χ0) is 16.1. The van der Waals surface area contributed by atoms with Crippen LogP contribution in [0.3, 0.4) is 0 Å². The minimum Gasteiger partial charge on any atom is -0.469 e. The summed E-state index contributed by atoms with van der Waals surface area (Å²) >= 11 is 0. The van der Waals surface area contributed by atoms with E-state index in [9.17, 15) is 9.90 Å². The van der Waals surface area contributed by atoms with Crippen molar-refractivity contribution in [3.63, 3.8) is 0 Å². The summed E-state index contributed by atoms with van der Waals surface area (Å²) in [6.07, 6.45) is 2.81. The molecule has 1 aliphatic carbocycles. The number of hydrogen-bond acceptors (Lipinski definition) is 4. The summed E-state index contributed by atoms with van der Waals surface area (Å²) in [7, 11) is 1.44. The van der Waals surface area contributed by atoms with Gasteiger partial charge in [0.25, 0.3) is 0 Å². The molecule has 0 amide bonds. The van der Waals surface area contributed by atoms with E-state index in [0.29, 0.717) is 13.1 Å². The molecule has 1 aliphatic heterocycles. The van der Waals surface area contributed by atoms with E-state index in [1.807, 2.05) is 6.92 Å². The third-order valence-electron chi connectivity index (χ3n) is 4.85. The summed E-state index contributed by atoms with van der Waals surface area (Å²) in [6.45, 7) is 7.01. The van der Waals surface area contributed by atoms with E-state index >= 15 is 0 Å². The molecule has 6 heteroatoms. The molecule has 1 saturated heterocycles. The number of esters is 1. The number of aliphatic hydroxyl groups excluding tert-OH is 1. The predicted molar refractivity (Wildman–Crippen MR) is 85.6 cm³/mol. The molecule has 2 rings (SSSR count). The van der Waals surface area contributed by atoms with Crippen LogP contribution >= 0.6 is 0 Å². The fourth-order valence-electron chi connectivity index (χ4n) is 3.46. The van der Waals surface area contributed by atoms with Crippen LogP contribution in [0.4, 0.5) is 0 Å². The first kappa shape index (κ1) is 17.1. The second kappa shape index (κ2) is 7.81. The number of carbonyl (C=O) groups excluding carboxylic acids is 1. The molecule has 2 N–H and O–H groups in total. The summed E-state index contributed by atoms with van der Waals surface area (Å²) < 4.78 is 4.89. The van der Waals surface area contributed by atoms with E-state index in [2.05, 4.69) is 17.1 Å². The van der Waals surface area contributed by atoms with Gasteiger partial charge in [-0.2, -0.15) is 0 Å². The van der Waals surface area contributed by atoms with Crippen molar-refractivity contribution < 1.29 is 14.6 Å². The summed E-state index contributed by atoms with van der Waals surface area (Å²) in [5.74, 6) is 1.14. The molecule has 4 atom stereocenters. The Morgan fingerprint density at radius 3 is 2.77 bits per heavy atom. The minimum absolute atomic E-state index is 0.0917. The van der Waals surface area contributed by atoms with Crippen LogP contribution in [0.2, 0.25) is 0 Å². The molecule has 4 unspecified atom stereocenters. The van der Waals surface area contributed by atoms with Crippen molar-refractivity contribution in [3.05, 3.63) is 0 Å². The van der Waals surface area contributed by atoms with Crippen molar-refractivity contribution >= 4 is 11.9 Å². The maximum Gasteiger partial charge on any atom is 0.310 e. The van der Waals surface area contributed by atoms with E-state index in [4.69, 9.17) is 9.73 Å². The van der Waals surface area contributed by atoms with E-state index < -0.39 is 0 Å². The molecule has 2 aliphatic rings. The largest absolute Gasteiger partial charge is 0.469 e. The zero-order valence-corrected chi connectivity index (χ0v) is 13.9. The fraction of sp³-hybridized carbons (Fsp3) is 0.875. The molecule has 0 aromatic carbocycles. The molecule has 22 heavy (non-hydrogen) atoms. The predicted octanol–water partition coefficient (Wildman–Crippen LogP) is 0.854. The van der Waals surface area contributed by atoms with Gasteiger partial charge in [0.1, 0.15) is 0 Å². The van der Waals surface area contributed by atoms with Crippen LogP contribution in [-0.4, -0.2) is 61.3 Å². The van der Waals surface area contributed by atoms with Crippen LogP contribution in [0, 0.1) is 17.8 Å².